The molecule has 2 rings (SSSR count). The maximum atomic E-state index is 12.2. The molecule has 110 valence electrons. The van der Waals surface area contributed by atoms with Gasteiger partial charge in [0.15, 0.2) is 0 Å². The monoisotopic (exact) mass is 277 g/mol. The molecule has 0 spiro atoms. The molecule has 0 radical (unpaired) electrons. The normalized spacial score (nSPS) is 22.3. The van der Waals surface area contributed by atoms with E-state index in [1.807, 2.05) is 6.92 Å². The van der Waals surface area contributed by atoms with E-state index in [0.29, 0.717) is 23.6 Å². The van der Waals surface area contributed by atoms with Crippen molar-refractivity contribution >= 4 is 11.7 Å². The fourth-order valence-electron chi connectivity index (χ4n) is 2.56. The molecule has 0 aromatic heterocycles. The van der Waals surface area contributed by atoms with Crippen LogP contribution in [-0.2, 0) is 4.74 Å². The Balaban J connectivity index is 2.01. The van der Waals surface area contributed by atoms with Gasteiger partial charge < -0.3 is 15.2 Å². The zero-order valence-electron chi connectivity index (χ0n) is 12.2. The summed E-state index contributed by atoms with van der Waals surface area (Å²) in [5, 5.41) is 0. The van der Waals surface area contributed by atoms with Gasteiger partial charge in [-0.25, -0.2) is 4.79 Å². The Morgan fingerprint density at radius 3 is 2.60 bits per heavy atom. The Morgan fingerprint density at radius 1 is 1.25 bits per heavy atom. The number of nitrogen functional groups attached to an aromatic ring is 1. The minimum atomic E-state index is -0.308. The number of carbonyl (C=O) groups is 1. The maximum Gasteiger partial charge on any atom is 0.338 e. The van der Waals surface area contributed by atoms with E-state index in [2.05, 4.69) is 6.92 Å². The molecule has 1 fully saturated rings. The fourth-order valence-corrected chi connectivity index (χ4v) is 2.56. The Bertz CT molecular complexity index is 465. The minimum absolute atomic E-state index is 0.0377. The average molecular weight is 277 g/mol. The zero-order chi connectivity index (χ0) is 14.5. The van der Waals surface area contributed by atoms with Gasteiger partial charge in [0.2, 0.25) is 0 Å². The molecule has 1 aromatic carbocycles. The van der Waals surface area contributed by atoms with Crippen LogP contribution in [0.2, 0.25) is 0 Å². The summed E-state index contributed by atoms with van der Waals surface area (Å²) in [5.74, 6) is 1.04. The van der Waals surface area contributed by atoms with Gasteiger partial charge in [-0.05, 0) is 50.7 Å². The molecule has 2 N–H and O–H groups in total. The lowest BCUT2D eigenvalue weighted by Gasteiger charge is -2.26. The largest absolute Gasteiger partial charge is 0.494 e. The van der Waals surface area contributed by atoms with E-state index in [0.717, 1.165) is 31.6 Å². The molecule has 0 atom stereocenters. The molecule has 0 aliphatic heterocycles. The topological polar surface area (TPSA) is 61.5 Å². The quantitative estimate of drug-likeness (QED) is 0.676. The van der Waals surface area contributed by atoms with Crippen molar-refractivity contribution in [2.24, 2.45) is 5.92 Å². The third-order valence-corrected chi connectivity index (χ3v) is 3.71. The Labute approximate surface area is 120 Å². The van der Waals surface area contributed by atoms with Crippen molar-refractivity contribution < 1.29 is 14.3 Å². The lowest BCUT2D eigenvalue weighted by Crippen LogP contribution is -2.23. The number of anilines is 1. The van der Waals surface area contributed by atoms with E-state index in [-0.39, 0.29) is 12.1 Å². The Morgan fingerprint density at radius 2 is 1.95 bits per heavy atom. The summed E-state index contributed by atoms with van der Waals surface area (Å²) in [5.41, 5.74) is 6.77. The van der Waals surface area contributed by atoms with Crippen LogP contribution in [0.4, 0.5) is 5.69 Å². The molecule has 0 amide bonds. The summed E-state index contributed by atoms with van der Waals surface area (Å²) in [6, 6.07) is 5.03. The zero-order valence-corrected chi connectivity index (χ0v) is 12.2. The van der Waals surface area contributed by atoms with E-state index < -0.39 is 0 Å². The van der Waals surface area contributed by atoms with E-state index in [4.69, 9.17) is 15.2 Å². The Kier molecular flexibility index (Phi) is 4.88. The number of benzene rings is 1. The molecule has 4 nitrogen and oxygen atoms in total. The van der Waals surface area contributed by atoms with Crippen LogP contribution in [0.15, 0.2) is 18.2 Å². The van der Waals surface area contributed by atoms with Gasteiger partial charge >= 0.3 is 5.97 Å². The van der Waals surface area contributed by atoms with Crippen molar-refractivity contribution in [1.29, 1.82) is 0 Å². The van der Waals surface area contributed by atoms with Gasteiger partial charge in [-0.3, -0.25) is 0 Å². The molecular formula is C16H23NO3. The minimum Gasteiger partial charge on any atom is -0.494 e. The number of esters is 1. The predicted molar refractivity (Wildman–Crippen MR) is 78.9 cm³/mol. The highest BCUT2D eigenvalue weighted by molar-refractivity contribution is 5.91. The van der Waals surface area contributed by atoms with Crippen molar-refractivity contribution in [3.8, 4) is 5.75 Å². The summed E-state index contributed by atoms with van der Waals surface area (Å²) in [6.45, 7) is 4.67. The second-order valence-corrected chi connectivity index (χ2v) is 5.51. The molecule has 1 saturated carbocycles. The van der Waals surface area contributed by atoms with Crippen molar-refractivity contribution in [3.05, 3.63) is 23.8 Å². The summed E-state index contributed by atoms with van der Waals surface area (Å²) in [4.78, 5) is 12.2. The molecule has 1 aliphatic carbocycles. The molecule has 0 unspecified atom stereocenters. The number of rotatable bonds is 4. The van der Waals surface area contributed by atoms with Gasteiger partial charge in [-0.1, -0.05) is 6.92 Å². The van der Waals surface area contributed by atoms with Gasteiger partial charge in [0, 0.05) is 11.8 Å². The van der Waals surface area contributed by atoms with E-state index in [1.165, 1.54) is 0 Å². The summed E-state index contributed by atoms with van der Waals surface area (Å²) in [6.07, 6.45) is 4.19. The molecule has 1 aromatic rings. The van der Waals surface area contributed by atoms with Crippen LogP contribution in [0.5, 0.6) is 5.75 Å². The predicted octanol–water partition coefficient (Wildman–Crippen LogP) is 3.40. The van der Waals surface area contributed by atoms with Crippen LogP contribution in [-0.4, -0.2) is 18.7 Å². The number of ether oxygens (including phenoxy) is 2. The smallest absolute Gasteiger partial charge is 0.338 e. The highest BCUT2D eigenvalue weighted by Gasteiger charge is 2.22. The van der Waals surface area contributed by atoms with Crippen molar-refractivity contribution in [3.63, 3.8) is 0 Å². The number of nitrogens with two attached hydrogens (primary N) is 1. The first-order valence-corrected chi connectivity index (χ1v) is 7.32. The summed E-state index contributed by atoms with van der Waals surface area (Å²) < 4.78 is 11.0. The van der Waals surface area contributed by atoms with Crippen LogP contribution in [0.3, 0.4) is 0 Å². The fraction of sp³-hybridized carbons (Fsp3) is 0.562. The number of carbonyl (C=O) groups excluding carboxylic acids is 1. The van der Waals surface area contributed by atoms with E-state index in [9.17, 15) is 4.79 Å². The van der Waals surface area contributed by atoms with Crippen molar-refractivity contribution in [2.75, 3.05) is 12.3 Å². The highest BCUT2D eigenvalue weighted by Crippen LogP contribution is 2.27. The van der Waals surface area contributed by atoms with Gasteiger partial charge in [-0.2, -0.15) is 0 Å². The van der Waals surface area contributed by atoms with Gasteiger partial charge in [0.1, 0.15) is 11.9 Å². The molecule has 0 heterocycles. The van der Waals surface area contributed by atoms with Crippen molar-refractivity contribution in [1.82, 2.24) is 0 Å². The van der Waals surface area contributed by atoms with E-state index >= 15 is 0 Å². The second-order valence-electron chi connectivity index (χ2n) is 5.51. The van der Waals surface area contributed by atoms with Crippen LogP contribution >= 0.6 is 0 Å². The number of hydrogen-bond donors (Lipinski definition) is 1. The standard InChI is InChI=1S/C16H23NO3/c1-3-19-15-9-12(8-13(17)10-15)16(18)20-14-6-4-11(2)5-7-14/h8-11,14H,3-7,17H2,1-2H3. The average Bonchev–Trinajstić information content (AvgIpc) is 2.41. The lowest BCUT2D eigenvalue weighted by molar-refractivity contribution is 0.0173. The first kappa shape index (κ1) is 14.7. The molecule has 4 heteroatoms. The van der Waals surface area contributed by atoms with E-state index in [1.54, 1.807) is 18.2 Å². The van der Waals surface area contributed by atoms with Crippen LogP contribution in [0.1, 0.15) is 49.9 Å². The van der Waals surface area contributed by atoms with Crippen LogP contribution < -0.4 is 10.5 Å². The molecule has 0 bridgehead atoms. The molecule has 20 heavy (non-hydrogen) atoms. The molecule has 0 saturated heterocycles. The molecular weight excluding hydrogens is 254 g/mol. The van der Waals surface area contributed by atoms with Gasteiger partial charge in [-0.15, -0.1) is 0 Å². The first-order valence-electron chi connectivity index (χ1n) is 7.32. The van der Waals surface area contributed by atoms with Gasteiger partial charge in [0.05, 0.1) is 12.2 Å². The highest BCUT2D eigenvalue weighted by atomic mass is 16.5. The second kappa shape index (κ2) is 6.64. The Hall–Kier alpha value is -1.71. The lowest BCUT2D eigenvalue weighted by atomic mass is 9.89. The van der Waals surface area contributed by atoms with Crippen LogP contribution in [0.25, 0.3) is 0 Å². The van der Waals surface area contributed by atoms with Gasteiger partial charge in [0.25, 0.3) is 0 Å². The van der Waals surface area contributed by atoms with Crippen LogP contribution in [0, 0.1) is 5.92 Å². The summed E-state index contributed by atoms with van der Waals surface area (Å²) in [7, 11) is 0. The SMILES string of the molecule is CCOc1cc(N)cc(C(=O)OC2CCC(C)CC2)c1. The number of hydrogen-bond acceptors (Lipinski definition) is 4. The third-order valence-electron chi connectivity index (χ3n) is 3.71. The third kappa shape index (κ3) is 3.89. The first-order chi connectivity index (χ1) is 9.58. The summed E-state index contributed by atoms with van der Waals surface area (Å²) >= 11 is 0. The molecule has 1 aliphatic rings. The van der Waals surface area contributed by atoms with Crippen molar-refractivity contribution in [2.45, 2.75) is 45.6 Å². The maximum absolute atomic E-state index is 12.2.